The van der Waals surface area contributed by atoms with Crippen LogP contribution in [0.5, 0.6) is 0 Å². The lowest BCUT2D eigenvalue weighted by molar-refractivity contribution is 0.102. The Hall–Kier alpha value is -2.76. The van der Waals surface area contributed by atoms with Crippen molar-refractivity contribution in [3.63, 3.8) is 0 Å². The van der Waals surface area contributed by atoms with Crippen molar-refractivity contribution in [3.8, 4) is 0 Å². The Kier molecular flexibility index (Phi) is 3.29. The second-order valence-corrected chi connectivity index (χ2v) is 5.82. The van der Waals surface area contributed by atoms with Gasteiger partial charge in [-0.2, -0.15) is 0 Å². The number of pyridine rings is 2. The second-order valence-electron chi connectivity index (χ2n) is 5.82. The first-order chi connectivity index (χ1) is 11.2. The molecule has 116 valence electrons. The van der Waals surface area contributed by atoms with Crippen molar-refractivity contribution in [2.45, 2.75) is 19.4 Å². The highest BCUT2D eigenvalue weighted by atomic mass is 19.1. The van der Waals surface area contributed by atoms with Gasteiger partial charge in [0, 0.05) is 30.5 Å². The summed E-state index contributed by atoms with van der Waals surface area (Å²) >= 11 is 0. The smallest absolute Gasteiger partial charge is 0.257 e. The first-order valence-corrected chi connectivity index (χ1v) is 7.57. The van der Waals surface area contributed by atoms with Gasteiger partial charge in [-0.15, -0.1) is 0 Å². The summed E-state index contributed by atoms with van der Waals surface area (Å²) in [6.45, 7) is 0.865. The maximum absolute atomic E-state index is 13.7. The van der Waals surface area contributed by atoms with Gasteiger partial charge in [0.25, 0.3) is 5.91 Å². The zero-order chi connectivity index (χ0) is 15.8. The van der Waals surface area contributed by atoms with Crippen molar-refractivity contribution >= 4 is 22.6 Å². The average Bonchev–Trinajstić information content (AvgIpc) is 3.30. The van der Waals surface area contributed by atoms with Crippen LogP contribution in [0, 0.1) is 11.7 Å². The van der Waals surface area contributed by atoms with Crippen LogP contribution in [0.4, 0.5) is 10.1 Å². The number of carbonyl (C=O) groups excluding carboxylic acids is 1. The van der Waals surface area contributed by atoms with Gasteiger partial charge in [-0.3, -0.25) is 9.78 Å². The summed E-state index contributed by atoms with van der Waals surface area (Å²) in [7, 11) is 0. The third-order valence-corrected chi connectivity index (χ3v) is 4.05. The van der Waals surface area contributed by atoms with Crippen LogP contribution in [0.3, 0.4) is 0 Å². The number of halogens is 1. The van der Waals surface area contributed by atoms with E-state index in [-0.39, 0.29) is 11.6 Å². The number of rotatable bonds is 4. The van der Waals surface area contributed by atoms with E-state index in [1.165, 1.54) is 25.1 Å². The molecule has 0 radical (unpaired) electrons. The molecule has 1 aliphatic carbocycles. The monoisotopic (exact) mass is 310 g/mol. The normalized spacial score (nSPS) is 14.1. The fraction of sp³-hybridized carbons (Fsp3) is 0.235. The number of hydrogen-bond acceptors (Lipinski definition) is 3. The van der Waals surface area contributed by atoms with Crippen LogP contribution < -0.4 is 5.32 Å². The molecule has 0 aromatic carbocycles. The number of aromatic nitrogens is 3. The van der Waals surface area contributed by atoms with Gasteiger partial charge in [0.05, 0.1) is 17.4 Å². The number of nitrogens with zero attached hydrogens (tertiary/aromatic N) is 3. The highest BCUT2D eigenvalue weighted by Gasteiger charge is 2.24. The van der Waals surface area contributed by atoms with Gasteiger partial charge in [-0.25, -0.2) is 9.37 Å². The van der Waals surface area contributed by atoms with Crippen LogP contribution in [0.2, 0.25) is 0 Å². The minimum atomic E-state index is -0.555. The van der Waals surface area contributed by atoms with Crippen LogP contribution in [0.25, 0.3) is 11.0 Å². The summed E-state index contributed by atoms with van der Waals surface area (Å²) in [4.78, 5) is 20.6. The third kappa shape index (κ3) is 2.67. The molecule has 1 N–H and O–H groups in total. The van der Waals surface area contributed by atoms with Crippen LogP contribution in [0.15, 0.2) is 43.0 Å². The van der Waals surface area contributed by atoms with Crippen LogP contribution in [-0.4, -0.2) is 20.4 Å². The molecule has 0 atom stereocenters. The SMILES string of the molecule is O=C(Nc1ccncc1F)c1cn(CC2CC2)c2ncccc12. The number of fused-ring (bicyclic) bond motifs is 1. The molecule has 0 bridgehead atoms. The topological polar surface area (TPSA) is 59.8 Å². The Morgan fingerprint density at radius 1 is 1.35 bits per heavy atom. The lowest BCUT2D eigenvalue weighted by Gasteiger charge is -2.04. The number of nitrogens with one attached hydrogen (secondary N) is 1. The highest BCUT2D eigenvalue weighted by Crippen LogP contribution is 2.32. The molecule has 6 heteroatoms. The summed E-state index contributed by atoms with van der Waals surface area (Å²) in [5.41, 5.74) is 1.42. The van der Waals surface area contributed by atoms with Gasteiger partial charge in [-0.1, -0.05) is 0 Å². The van der Waals surface area contributed by atoms with Gasteiger partial charge >= 0.3 is 0 Å². The average molecular weight is 310 g/mol. The molecular weight excluding hydrogens is 295 g/mol. The Labute approximate surface area is 132 Å². The minimum absolute atomic E-state index is 0.122. The van der Waals surface area contributed by atoms with E-state index in [1.54, 1.807) is 12.3 Å². The predicted molar refractivity (Wildman–Crippen MR) is 84.6 cm³/mol. The summed E-state index contributed by atoms with van der Waals surface area (Å²) in [5, 5.41) is 3.38. The van der Waals surface area contributed by atoms with Crippen molar-refractivity contribution in [2.75, 3.05) is 5.32 Å². The first-order valence-electron chi connectivity index (χ1n) is 7.57. The summed E-state index contributed by atoms with van der Waals surface area (Å²) in [6.07, 6.45) is 8.48. The summed E-state index contributed by atoms with van der Waals surface area (Å²) in [5.74, 6) is -0.232. The van der Waals surface area contributed by atoms with Crippen molar-refractivity contribution < 1.29 is 9.18 Å². The molecule has 4 rings (SSSR count). The Morgan fingerprint density at radius 3 is 3.00 bits per heavy atom. The van der Waals surface area contributed by atoms with E-state index in [1.807, 2.05) is 16.8 Å². The van der Waals surface area contributed by atoms with E-state index in [4.69, 9.17) is 0 Å². The van der Waals surface area contributed by atoms with Crippen molar-refractivity contribution in [3.05, 3.63) is 54.4 Å². The molecule has 5 nitrogen and oxygen atoms in total. The largest absolute Gasteiger partial charge is 0.331 e. The molecule has 0 unspecified atom stereocenters. The Bertz CT molecular complexity index is 885. The van der Waals surface area contributed by atoms with E-state index in [2.05, 4.69) is 15.3 Å². The number of amides is 1. The quantitative estimate of drug-likeness (QED) is 0.805. The van der Waals surface area contributed by atoms with Gasteiger partial charge in [0.2, 0.25) is 0 Å². The minimum Gasteiger partial charge on any atom is -0.331 e. The molecule has 0 aliphatic heterocycles. The third-order valence-electron chi connectivity index (χ3n) is 4.05. The maximum atomic E-state index is 13.7. The molecular formula is C17H15FN4O. The predicted octanol–water partition coefficient (Wildman–Crippen LogP) is 3.23. The first kappa shape index (κ1) is 13.9. The molecule has 0 spiro atoms. The van der Waals surface area contributed by atoms with Crippen LogP contribution in [-0.2, 0) is 6.54 Å². The zero-order valence-electron chi connectivity index (χ0n) is 12.4. The second kappa shape index (κ2) is 5.46. The van der Waals surface area contributed by atoms with E-state index >= 15 is 0 Å². The fourth-order valence-electron chi connectivity index (χ4n) is 2.69. The lowest BCUT2D eigenvalue weighted by Crippen LogP contribution is -2.12. The summed E-state index contributed by atoms with van der Waals surface area (Å²) < 4.78 is 15.7. The Morgan fingerprint density at radius 2 is 2.22 bits per heavy atom. The Balaban J connectivity index is 1.70. The van der Waals surface area contributed by atoms with Crippen LogP contribution in [0.1, 0.15) is 23.2 Å². The molecule has 1 saturated carbocycles. The van der Waals surface area contributed by atoms with E-state index in [0.29, 0.717) is 11.5 Å². The molecule has 3 heterocycles. The van der Waals surface area contributed by atoms with Gasteiger partial charge < -0.3 is 9.88 Å². The van der Waals surface area contributed by atoms with Crippen molar-refractivity contribution in [1.29, 1.82) is 0 Å². The van der Waals surface area contributed by atoms with Crippen molar-refractivity contribution in [2.24, 2.45) is 5.92 Å². The van der Waals surface area contributed by atoms with Crippen LogP contribution >= 0.6 is 0 Å². The summed E-state index contributed by atoms with van der Waals surface area (Å²) in [6, 6.07) is 5.10. The van der Waals surface area contributed by atoms with Gasteiger partial charge in [-0.05, 0) is 37.0 Å². The zero-order valence-corrected chi connectivity index (χ0v) is 12.4. The number of hydrogen-bond donors (Lipinski definition) is 1. The van der Waals surface area contributed by atoms with Gasteiger partial charge in [0.15, 0.2) is 5.82 Å². The standard InChI is InChI=1S/C17H15FN4O/c18-14-8-19-7-5-15(14)21-17(23)13-10-22(9-11-3-4-11)16-12(13)2-1-6-20-16/h1-2,5-8,10-11H,3-4,9H2,(H,19,21,23). The van der Waals surface area contributed by atoms with E-state index in [9.17, 15) is 9.18 Å². The molecule has 1 aliphatic rings. The molecule has 1 fully saturated rings. The van der Waals surface area contributed by atoms with Crippen molar-refractivity contribution in [1.82, 2.24) is 14.5 Å². The highest BCUT2D eigenvalue weighted by molar-refractivity contribution is 6.12. The molecule has 23 heavy (non-hydrogen) atoms. The number of anilines is 1. The van der Waals surface area contributed by atoms with Gasteiger partial charge in [0.1, 0.15) is 5.65 Å². The molecule has 3 aromatic heterocycles. The molecule has 0 saturated heterocycles. The lowest BCUT2D eigenvalue weighted by atomic mass is 10.2. The van der Waals surface area contributed by atoms with E-state index < -0.39 is 5.82 Å². The fourth-order valence-corrected chi connectivity index (χ4v) is 2.69. The molecule has 1 amide bonds. The van der Waals surface area contributed by atoms with E-state index in [0.717, 1.165) is 23.8 Å². The number of carbonyl (C=O) groups is 1. The molecule has 3 aromatic rings. The maximum Gasteiger partial charge on any atom is 0.257 e.